The van der Waals surface area contributed by atoms with Crippen molar-refractivity contribution >= 4 is 115 Å². The number of thioether (sulfide) groups is 4. The summed E-state index contributed by atoms with van der Waals surface area (Å²) in [5.74, 6) is -9.33. The van der Waals surface area contributed by atoms with Crippen LogP contribution in [0.15, 0.2) is 93.4 Å². The van der Waals surface area contributed by atoms with Crippen molar-refractivity contribution < 1.29 is 172 Å². The molecule has 0 saturated heterocycles. The summed E-state index contributed by atoms with van der Waals surface area (Å²) in [7, 11) is 0. The van der Waals surface area contributed by atoms with E-state index in [1.807, 2.05) is 6.92 Å². The molecule has 0 aliphatic heterocycles. The first-order chi connectivity index (χ1) is 89.0. The summed E-state index contributed by atoms with van der Waals surface area (Å²) in [6, 6.07) is -7.27. The predicted molar refractivity (Wildman–Crippen MR) is 530 cm³/mol. The van der Waals surface area contributed by atoms with Crippen LogP contribution in [0, 0.1) is 51.0 Å². The van der Waals surface area contributed by atoms with E-state index in [1.165, 1.54) is 75.0 Å². The molecule has 8 aromatic heterocycles. The normalized spacial score (nSPS) is 46.8. The average Bonchev–Trinajstić information content (AvgIpc) is 1.48. The van der Waals surface area contributed by atoms with Crippen LogP contribution in [0.5, 0.6) is 0 Å². The summed E-state index contributed by atoms with van der Waals surface area (Å²) in [5.41, 5.74) is -12.2. The molecule has 24 atom stereocenters. The number of hydrogen-bond donors (Lipinski definition) is 16. The molecule has 20 rings (SSSR count). The molecule has 8 saturated carbocycles. The molecule has 12 aromatic rings. The number of nitrogens with zero attached hydrogens (tertiary/aromatic N) is 20. The Kier molecular flexibility index (Phi) is 18.8. The molecule has 0 amide bonds. The van der Waals surface area contributed by atoms with Crippen molar-refractivity contribution in [3.05, 3.63) is 141 Å². The number of nitrogens with one attached hydrogen (secondary N) is 4. The highest BCUT2D eigenvalue weighted by molar-refractivity contribution is 7.99. The lowest BCUT2D eigenvalue weighted by Gasteiger charge is -2.17. The summed E-state index contributed by atoms with van der Waals surface area (Å²) >= 11 is 1.24. The summed E-state index contributed by atoms with van der Waals surface area (Å²) < 4.78 is 528. The zero-order valence-corrected chi connectivity index (χ0v) is 79.0. The van der Waals surface area contributed by atoms with Crippen molar-refractivity contribution in [3.8, 4) is 0 Å². The number of benzene rings is 4. The van der Waals surface area contributed by atoms with Crippen molar-refractivity contribution in [2.75, 3.05) is 96.8 Å². The Morgan fingerprint density at radius 2 is 0.694 bits per heavy atom. The van der Waals surface area contributed by atoms with Gasteiger partial charge in [0.05, 0.1) is 138 Å². The standard InChI is InChI=1S/4C24H31FN6O4S/c4*1-3-8-36-24-27-22(26-16-10-14(16)13-5-4-12(2)15(25)9-13)19-23(28-24)31(30-29-19)17-11-18(35-7-6-32)21(34)20(17)33/h4*4-5,9,14,16-18,20-21,32-34H,3,6-8,10-11H2,1-2H3,(H,26,27,28)/t4*14-,16+,17+,18-,20-,21+/m0000/s1/i3D2,6D2,7D2,8D2,10D2,11D2,16D,17D,18D,20D,21D;3D2,7D2,8D2,10D2,11D2,16D,17D,18D,20D,21D;3D2,6D2,8D2,10D2,11D2,16D,17D,18D,20D,21D;11D2,14D,17D,18D,20D,21D. The Hall–Kier alpha value is -9.52. The second kappa shape index (κ2) is 47.3. The Labute approximate surface area is 919 Å². The van der Waals surface area contributed by atoms with Crippen LogP contribution in [-0.4, -0.2) is 334 Å². The van der Waals surface area contributed by atoms with Crippen LogP contribution < -0.4 is 21.3 Å². The topological polar surface area (TPSA) is 554 Å². The van der Waals surface area contributed by atoms with Gasteiger partial charge < -0.3 is 101 Å². The van der Waals surface area contributed by atoms with Crippen molar-refractivity contribution in [1.29, 1.82) is 0 Å². The van der Waals surface area contributed by atoms with Crippen molar-refractivity contribution in [3.63, 3.8) is 0 Å². The van der Waals surface area contributed by atoms with Crippen LogP contribution in [0.25, 0.3) is 44.7 Å². The highest BCUT2D eigenvalue weighted by atomic mass is 32.2. The average molecular weight is 2130 g/mol. The second-order valence-corrected chi connectivity index (χ2v) is 34.2. The molecule has 8 aliphatic carbocycles. The van der Waals surface area contributed by atoms with E-state index in [0.29, 0.717) is 21.6 Å². The van der Waals surface area contributed by atoms with E-state index in [-0.39, 0.29) is 111 Å². The van der Waals surface area contributed by atoms with Gasteiger partial charge in [0.25, 0.3) is 0 Å². The number of aryl methyl sites for hydroxylation is 4. The van der Waals surface area contributed by atoms with E-state index in [4.69, 9.17) is 83.5 Å². The molecule has 8 aliphatic rings. The molecule has 0 unspecified atom stereocenters. The highest BCUT2D eigenvalue weighted by Gasteiger charge is 2.51. The molecule has 40 nitrogen and oxygen atoms in total. The zero-order valence-electron chi connectivity index (χ0n) is 130. The Balaban J connectivity index is 0.000000172. The molecule has 4 aromatic carbocycles. The third-order valence-corrected chi connectivity index (χ3v) is 24.2. The second-order valence-electron chi connectivity index (χ2n) is 30.8. The molecule has 0 spiro atoms. The number of hydrogen-bond acceptors (Lipinski definition) is 40. The van der Waals surface area contributed by atoms with E-state index >= 15 is 0 Å². The summed E-state index contributed by atoms with van der Waals surface area (Å²) in [4.78, 5) is 32.9. The van der Waals surface area contributed by atoms with E-state index in [1.54, 1.807) is 19.1 Å². The van der Waals surface area contributed by atoms with Crippen molar-refractivity contribution in [2.24, 2.45) is 0 Å². The number of aliphatic hydroxyl groups is 12. The first-order valence-electron chi connectivity index (χ1n) is 69.6. The van der Waals surface area contributed by atoms with E-state index in [2.05, 4.69) is 112 Å². The van der Waals surface area contributed by atoms with Gasteiger partial charge in [0.1, 0.15) is 71.9 Å². The quantitative estimate of drug-likeness (QED) is 0.00969. The first-order valence-corrected chi connectivity index (χ1v) is 46.0. The third-order valence-electron chi connectivity index (χ3n) is 21.2. The predicted octanol–water partition coefficient (Wildman–Crippen LogP) is 8.73. The maximum atomic E-state index is 14.5. The maximum Gasteiger partial charge on any atom is 0.191 e. The fourth-order valence-electron chi connectivity index (χ4n) is 13.8. The minimum absolute atomic E-state index is 0.00107. The molecule has 144 heavy (non-hydrogen) atoms. The Morgan fingerprint density at radius 1 is 0.382 bits per heavy atom. The first kappa shape index (κ1) is 57.3. The van der Waals surface area contributed by atoms with E-state index < -0.39 is 368 Å². The number of fused-ring (bicyclic) bond motifs is 4. The zero-order chi connectivity index (χ0) is 151. The van der Waals surface area contributed by atoms with Gasteiger partial charge in [-0.1, -0.05) is 144 Å². The Morgan fingerprint density at radius 3 is 1.01 bits per heavy atom. The van der Waals surface area contributed by atoms with Gasteiger partial charge in [-0.2, -0.15) is 0 Å². The summed E-state index contributed by atoms with van der Waals surface area (Å²) in [5, 5.41) is 165. The van der Waals surface area contributed by atoms with Gasteiger partial charge in [-0.3, -0.25) is 0 Å². The summed E-state index contributed by atoms with van der Waals surface area (Å²) in [6.07, 6.45) is -79.1. The number of anilines is 4. The SMILES string of the molecule is [2H]C([2H])(C)C([2H])([2H])Sc1nc(N[C@@]2([2H])[C@H](c3ccc(C)c(F)c3)C2([2H])[2H])c2nnn([C@]3([2H])C([2H])([2H])[C@]([2H])(OC([2H])([2H])C([2H])([2H])O)[C@@]([2H])(O)[C@@]3([2H])O)c2n1.[2H]C([2H])(CO)O[C@@]1([2H])C([2H])([2H])[C@@]([2H])(n2nnc3c(N[C@@]4([2H])[C@H](c5ccc(C)c(F)c5)C4([2H])[2H])nc(SC([2H])([2H])C([2H])([2H])C)nc32)[C@]([2H])(O)[C@]1([2H])O.[2H]C([2H])(O)CO[C@@]1([2H])C([2H])([2H])[C@@]([2H])(n2nnc3c(N[C@@]4([2H])[C@H](c5ccc(C)c(F)c5)C4([2H])[2H])nc(SC([2H])([2H])C([2H])([2H])C)nc32)[C@]([2H])(O)[C@]1([2H])O.[2H]C1([2H])[C@]([2H])(OCCO)[C@@]([2H])(O)[C@@]([2H])(O)[C@]1([2H])n1nnc2c(N[C@@H]3C[C@@]3([2H])c3ccc(C)c(F)c3)nc(SCCC)nc21. The number of aromatic nitrogens is 20. The van der Waals surface area contributed by atoms with Crippen LogP contribution in [0.2, 0.25) is 0 Å². The molecule has 0 radical (unpaired) electrons. The lowest BCUT2D eigenvalue weighted by Crippen LogP contribution is -2.33. The molecular formula is C96H124F4N24O16S4. The van der Waals surface area contributed by atoms with Crippen LogP contribution in [0.1, 0.15) is 271 Å². The number of halogens is 4. The molecule has 0 bridgehead atoms. The van der Waals surface area contributed by atoms with Crippen LogP contribution in [-0.2, 0) is 18.9 Å². The number of aliphatic hydroxyl groups excluding tert-OH is 2. The number of ether oxygens (including phenoxy) is 4. The van der Waals surface area contributed by atoms with Gasteiger partial charge in [-0.25, -0.2) is 76.2 Å². The third kappa shape index (κ3) is 23.8. The lowest BCUT2D eigenvalue weighted by atomic mass is 10.1. The minimum atomic E-state index is -4.45. The minimum Gasteiger partial charge on any atom is -0.394 e. The molecular weight excluding hydrogens is 1950 g/mol. The highest BCUT2D eigenvalue weighted by Crippen LogP contribution is 2.50. The smallest absolute Gasteiger partial charge is 0.191 e. The van der Waals surface area contributed by atoms with Crippen LogP contribution >= 0.6 is 47.0 Å². The summed E-state index contributed by atoms with van der Waals surface area (Å²) in [6.45, 7) is -9.00. The Bertz CT molecular complexity index is 9430. The fourth-order valence-corrected chi connectivity index (χ4v) is 15.8. The molecule has 16 N–H and O–H groups in total. The van der Waals surface area contributed by atoms with Crippen LogP contribution in [0.3, 0.4) is 0 Å². The van der Waals surface area contributed by atoms with Gasteiger partial charge in [-0.15, -0.1) is 20.4 Å². The monoisotopic (exact) mass is 2130 g/mol. The maximum absolute atomic E-state index is 14.5. The van der Waals surface area contributed by atoms with Crippen molar-refractivity contribution in [1.82, 2.24) is 99.8 Å². The number of rotatable bonds is 40. The molecule has 48 heteroatoms. The fraction of sp³-hybridized carbons (Fsp3) is 0.583. The van der Waals surface area contributed by atoms with Crippen molar-refractivity contribution in [2.45, 2.75) is 297 Å². The van der Waals surface area contributed by atoms with Crippen LogP contribution in [0.4, 0.5) is 40.8 Å². The van der Waals surface area contributed by atoms with Gasteiger partial charge in [0.2, 0.25) is 0 Å². The lowest BCUT2D eigenvalue weighted by molar-refractivity contribution is -0.0629. The molecule has 776 valence electrons. The van der Waals surface area contributed by atoms with E-state index in [0.717, 1.165) is 45.4 Å². The largest absolute Gasteiger partial charge is 0.394 e. The van der Waals surface area contributed by atoms with Gasteiger partial charge in [-0.05, 0) is 148 Å². The molecule has 8 heterocycles. The van der Waals surface area contributed by atoms with Gasteiger partial charge in [0, 0.05) is 133 Å². The molecule has 8 fully saturated rings. The van der Waals surface area contributed by atoms with Gasteiger partial charge in [0.15, 0.2) is 88.6 Å². The van der Waals surface area contributed by atoms with E-state index in [9.17, 15) is 78.8 Å². The van der Waals surface area contributed by atoms with Gasteiger partial charge >= 0.3 is 0 Å².